The predicted molar refractivity (Wildman–Crippen MR) is 57.2 cm³/mol. The molecular weight excluding hydrogens is 208 g/mol. The number of Topliss-reactive ketones (excluding diaryl/α,β-unsaturated/α-hetero) is 1. The van der Waals surface area contributed by atoms with Crippen molar-refractivity contribution in [2.75, 3.05) is 0 Å². The van der Waals surface area contributed by atoms with Crippen LogP contribution in [-0.4, -0.2) is 22.6 Å². The quantitative estimate of drug-likeness (QED) is 0.461. The Labute approximate surface area is 92.2 Å². The number of ketones is 2. The molecule has 0 amide bonds. The molecule has 1 aromatic rings. The van der Waals surface area contributed by atoms with Crippen molar-refractivity contribution in [1.29, 1.82) is 0 Å². The van der Waals surface area contributed by atoms with E-state index >= 15 is 0 Å². The van der Waals surface area contributed by atoms with Crippen LogP contribution in [0, 0.1) is 0 Å². The highest BCUT2D eigenvalue weighted by Gasteiger charge is 2.06. The van der Waals surface area contributed by atoms with Gasteiger partial charge in [0.15, 0.2) is 5.78 Å². The van der Waals surface area contributed by atoms with E-state index in [-0.39, 0.29) is 12.2 Å². The number of rotatable bonds is 5. The molecule has 1 N–H and O–H groups in total. The number of hydrogen-bond donors (Lipinski definition) is 1. The second kappa shape index (κ2) is 5.60. The Balaban J connectivity index is 2.54. The number of benzene rings is 1. The van der Waals surface area contributed by atoms with Gasteiger partial charge in [0, 0.05) is 12.0 Å². The fourth-order valence-corrected chi connectivity index (χ4v) is 1.09. The van der Waals surface area contributed by atoms with E-state index in [4.69, 9.17) is 5.11 Å². The first-order valence-electron chi connectivity index (χ1n) is 4.63. The van der Waals surface area contributed by atoms with Gasteiger partial charge in [-0.15, -0.1) is 0 Å². The molecule has 0 saturated carbocycles. The van der Waals surface area contributed by atoms with E-state index in [9.17, 15) is 14.4 Å². The predicted octanol–water partition coefficient (Wildman–Crippen LogP) is 1.47. The van der Waals surface area contributed by atoms with Gasteiger partial charge in [0.05, 0.1) is 0 Å². The van der Waals surface area contributed by atoms with Gasteiger partial charge in [0.2, 0.25) is 0 Å². The average molecular weight is 218 g/mol. The summed E-state index contributed by atoms with van der Waals surface area (Å²) in [5.41, 5.74) is 0.537. The topological polar surface area (TPSA) is 71.4 Å². The molecule has 16 heavy (non-hydrogen) atoms. The molecule has 0 fully saturated rings. The molecule has 0 bridgehead atoms. The molecule has 0 radical (unpaired) electrons. The Morgan fingerprint density at radius 2 is 1.75 bits per heavy atom. The summed E-state index contributed by atoms with van der Waals surface area (Å²) < 4.78 is 0. The van der Waals surface area contributed by atoms with Crippen molar-refractivity contribution in [3.8, 4) is 0 Å². The van der Waals surface area contributed by atoms with Gasteiger partial charge in [-0.25, -0.2) is 4.79 Å². The molecular formula is C12H10O4. The number of carboxylic acid groups (broad SMARTS) is 1. The van der Waals surface area contributed by atoms with E-state index in [1.54, 1.807) is 30.3 Å². The minimum absolute atomic E-state index is 0.0169. The maximum absolute atomic E-state index is 11.5. The summed E-state index contributed by atoms with van der Waals surface area (Å²) in [6.45, 7) is 0. The van der Waals surface area contributed by atoms with E-state index in [0.29, 0.717) is 5.56 Å². The van der Waals surface area contributed by atoms with Gasteiger partial charge in [-0.1, -0.05) is 36.4 Å². The largest absolute Gasteiger partial charge is 0.475 e. The van der Waals surface area contributed by atoms with E-state index in [2.05, 4.69) is 0 Å². The van der Waals surface area contributed by atoms with Crippen LogP contribution in [0.1, 0.15) is 16.8 Å². The average Bonchev–Trinajstić information content (AvgIpc) is 2.29. The molecule has 0 aliphatic heterocycles. The molecule has 0 atom stereocenters. The van der Waals surface area contributed by atoms with E-state index in [0.717, 1.165) is 6.08 Å². The molecule has 4 heteroatoms. The first-order valence-corrected chi connectivity index (χ1v) is 4.63. The number of carboxylic acids is 1. The first kappa shape index (κ1) is 11.8. The zero-order chi connectivity index (χ0) is 12.0. The third-order valence-electron chi connectivity index (χ3n) is 1.88. The molecule has 0 spiro atoms. The van der Waals surface area contributed by atoms with Crippen LogP contribution in [0.3, 0.4) is 0 Å². The van der Waals surface area contributed by atoms with Crippen molar-refractivity contribution in [2.24, 2.45) is 0 Å². The van der Waals surface area contributed by atoms with Crippen LogP contribution in [0.5, 0.6) is 0 Å². The first-order chi connectivity index (χ1) is 7.61. The number of aliphatic carboxylic acids is 1. The van der Waals surface area contributed by atoms with Crippen molar-refractivity contribution in [3.63, 3.8) is 0 Å². The van der Waals surface area contributed by atoms with Crippen molar-refractivity contribution in [2.45, 2.75) is 6.42 Å². The maximum Gasteiger partial charge on any atom is 0.376 e. The highest BCUT2D eigenvalue weighted by atomic mass is 16.4. The van der Waals surface area contributed by atoms with Crippen LogP contribution in [0.2, 0.25) is 0 Å². The van der Waals surface area contributed by atoms with Crippen LogP contribution < -0.4 is 0 Å². The lowest BCUT2D eigenvalue weighted by Crippen LogP contribution is -2.08. The SMILES string of the molecule is O=C(O)C(=O)C=CCC(=O)c1ccccc1. The summed E-state index contributed by atoms with van der Waals surface area (Å²) in [5.74, 6) is -2.71. The molecule has 0 unspecified atom stereocenters. The fourth-order valence-electron chi connectivity index (χ4n) is 1.09. The summed E-state index contributed by atoms with van der Waals surface area (Å²) in [6, 6.07) is 8.59. The van der Waals surface area contributed by atoms with Crippen LogP contribution in [-0.2, 0) is 9.59 Å². The summed E-state index contributed by atoms with van der Waals surface area (Å²) in [6.07, 6.45) is 2.16. The molecule has 1 rings (SSSR count). The summed E-state index contributed by atoms with van der Waals surface area (Å²) in [4.78, 5) is 32.3. The zero-order valence-electron chi connectivity index (χ0n) is 8.42. The van der Waals surface area contributed by atoms with Crippen molar-refractivity contribution < 1.29 is 19.5 Å². The molecule has 0 aliphatic carbocycles. The van der Waals surface area contributed by atoms with Crippen LogP contribution in [0.25, 0.3) is 0 Å². The number of allylic oxidation sites excluding steroid dienone is 1. The van der Waals surface area contributed by atoms with E-state index in [1.165, 1.54) is 6.08 Å². The van der Waals surface area contributed by atoms with Gasteiger partial charge in [-0.2, -0.15) is 0 Å². The highest BCUT2D eigenvalue weighted by molar-refractivity contribution is 6.37. The molecule has 0 heterocycles. The zero-order valence-corrected chi connectivity index (χ0v) is 8.42. The number of carbonyl (C=O) groups is 3. The van der Waals surface area contributed by atoms with Gasteiger partial charge in [0.1, 0.15) is 0 Å². The Morgan fingerprint density at radius 1 is 1.12 bits per heavy atom. The number of carbonyl (C=O) groups excluding carboxylic acids is 2. The fraction of sp³-hybridized carbons (Fsp3) is 0.0833. The molecule has 82 valence electrons. The Bertz CT molecular complexity index is 432. The lowest BCUT2D eigenvalue weighted by molar-refractivity contribution is -0.146. The van der Waals surface area contributed by atoms with Crippen LogP contribution in [0.15, 0.2) is 42.5 Å². The monoisotopic (exact) mass is 218 g/mol. The highest BCUT2D eigenvalue weighted by Crippen LogP contribution is 2.03. The third kappa shape index (κ3) is 3.49. The Kier molecular flexibility index (Phi) is 4.15. The smallest absolute Gasteiger partial charge is 0.376 e. The van der Waals surface area contributed by atoms with Gasteiger partial charge < -0.3 is 5.11 Å². The summed E-state index contributed by atoms with van der Waals surface area (Å²) in [5, 5.41) is 8.28. The Hall–Kier alpha value is -2.23. The Morgan fingerprint density at radius 3 is 2.31 bits per heavy atom. The van der Waals surface area contributed by atoms with Crippen molar-refractivity contribution in [1.82, 2.24) is 0 Å². The van der Waals surface area contributed by atoms with Gasteiger partial charge >= 0.3 is 5.97 Å². The van der Waals surface area contributed by atoms with Crippen LogP contribution in [0.4, 0.5) is 0 Å². The molecule has 0 aliphatic rings. The number of hydrogen-bond acceptors (Lipinski definition) is 3. The van der Waals surface area contributed by atoms with Gasteiger partial charge in [-0.3, -0.25) is 9.59 Å². The lowest BCUT2D eigenvalue weighted by atomic mass is 10.1. The summed E-state index contributed by atoms with van der Waals surface area (Å²) in [7, 11) is 0. The molecule has 0 aromatic heterocycles. The van der Waals surface area contributed by atoms with Crippen molar-refractivity contribution >= 4 is 17.5 Å². The third-order valence-corrected chi connectivity index (χ3v) is 1.88. The molecule has 4 nitrogen and oxygen atoms in total. The summed E-state index contributed by atoms with van der Waals surface area (Å²) >= 11 is 0. The maximum atomic E-state index is 11.5. The minimum Gasteiger partial charge on any atom is -0.475 e. The minimum atomic E-state index is -1.52. The standard InChI is InChI=1S/C12H10O4/c13-10(9-5-2-1-3-6-9)7-4-8-11(14)12(15)16/h1-6,8H,7H2,(H,15,16). The van der Waals surface area contributed by atoms with Crippen LogP contribution >= 0.6 is 0 Å². The second-order valence-corrected chi connectivity index (χ2v) is 3.07. The van der Waals surface area contributed by atoms with Gasteiger partial charge in [0.25, 0.3) is 5.78 Å². The normalized spacial score (nSPS) is 10.2. The second-order valence-electron chi connectivity index (χ2n) is 3.07. The lowest BCUT2D eigenvalue weighted by Gasteiger charge is -1.95. The van der Waals surface area contributed by atoms with E-state index in [1.807, 2.05) is 0 Å². The molecule has 0 saturated heterocycles. The van der Waals surface area contributed by atoms with E-state index < -0.39 is 11.8 Å². The van der Waals surface area contributed by atoms with Crippen molar-refractivity contribution in [3.05, 3.63) is 48.0 Å². The van der Waals surface area contributed by atoms with Gasteiger partial charge in [-0.05, 0) is 6.08 Å². The molecule has 1 aromatic carbocycles.